The van der Waals surface area contributed by atoms with Crippen LogP contribution in [0.4, 0.5) is 0 Å². The Morgan fingerprint density at radius 3 is 1.40 bits per heavy atom. The average Bonchev–Trinajstić information content (AvgIpc) is 0.918. The fourth-order valence-electron chi connectivity index (χ4n) is 0. The molecule has 0 bridgehead atoms. The molecule has 0 saturated carbocycles. The lowest BCUT2D eigenvalue weighted by Gasteiger charge is -1.19. The Hall–Kier alpha value is -0.680. The lowest BCUT2D eigenvalue weighted by Crippen LogP contribution is -1.82. The minimum Gasteiger partial charge on any atom is -0.412 e. The van der Waals surface area contributed by atoms with Crippen molar-refractivity contribution in [1.29, 1.82) is 0 Å². The van der Waals surface area contributed by atoms with Crippen molar-refractivity contribution in [3.05, 3.63) is 9.71 Å². The minimum absolute atomic E-state index is 0. The van der Waals surface area contributed by atoms with Gasteiger partial charge in [0.25, 0.3) is 0 Å². The fraction of sp³-hybridized carbons (Fsp3) is 0. The molecule has 0 unspecified atom stereocenters. The van der Waals surface area contributed by atoms with E-state index in [-0.39, 0.29) is 11.0 Å². The van der Waals surface area contributed by atoms with Gasteiger partial charge in [-0.2, -0.15) is 0 Å². The quantitative estimate of drug-likeness (QED) is 0.179. The Balaban J connectivity index is -0.0000000200. The molecule has 0 aliphatic heterocycles. The summed E-state index contributed by atoms with van der Waals surface area (Å²) in [6, 6.07) is 0. The molecular formula is H4O5. The van der Waals surface area contributed by atoms with Gasteiger partial charge in [0.1, 0.15) is 0 Å². The zero-order valence-corrected chi connectivity index (χ0v) is 2.22. The van der Waals surface area contributed by atoms with Gasteiger partial charge < -0.3 is 11.0 Å². The smallest absolute Gasteiger partial charge is 0.154 e. The number of hydrogen-bond donors (Lipinski definition) is 0. The zero-order chi connectivity index (χ0) is 2.71. The molecule has 0 aromatic heterocycles. The Morgan fingerprint density at radius 2 is 1.40 bits per heavy atom. The predicted octanol–water partition coefficient (Wildman–Crippen LogP) is -2.77. The van der Waals surface area contributed by atoms with Crippen LogP contribution in [0.2, 0.25) is 0 Å². The normalized spacial score (nSPS) is 2.40. The van der Waals surface area contributed by atoms with Gasteiger partial charge in [-0.1, -0.05) is 10.2 Å². The van der Waals surface area contributed by atoms with Gasteiger partial charge in [-0.25, -0.2) is 0 Å². The first-order valence-corrected chi connectivity index (χ1v) is 0.333. The second-order valence-electron chi connectivity index (χ2n) is 0.0680. The molecule has 0 aromatic rings. The van der Waals surface area contributed by atoms with E-state index >= 15 is 0 Å². The van der Waals surface area contributed by atoms with Crippen molar-refractivity contribution in [1.82, 2.24) is 0 Å². The first-order chi connectivity index (χ1) is 1.41. The molecule has 0 aliphatic rings. The molecule has 0 fully saturated rings. The van der Waals surface area contributed by atoms with E-state index in [0.717, 1.165) is 0 Å². The number of rotatable bonds is 0. The van der Waals surface area contributed by atoms with Crippen LogP contribution >= 0.6 is 0 Å². The predicted molar refractivity (Wildman–Crippen MR) is 14.0 cm³/mol. The molecular weight excluding hydrogens is 80.0 g/mol. The standard InChI is InChI=1S/O3.2H2O/c1-3-2;;/h;2*1H2. The molecule has 4 N–H and O–H groups in total. The molecule has 34 valence electrons. The summed E-state index contributed by atoms with van der Waals surface area (Å²) in [5.41, 5.74) is 0. The van der Waals surface area contributed by atoms with E-state index in [1.54, 1.807) is 4.75 Å². The van der Waals surface area contributed by atoms with Crippen molar-refractivity contribution >= 4 is 0 Å². The lowest BCUT2D eigenvalue weighted by molar-refractivity contribution is -0.284. The second-order valence-corrected chi connectivity index (χ2v) is 0.0680. The summed E-state index contributed by atoms with van der Waals surface area (Å²) in [4.78, 5) is 7.88. The van der Waals surface area contributed by atoms with Gasteiger partial charge in [0.05, 0.1) is 0 Å². The Labute approximate surface area is 27.3 Å². The Bertz CT molecular complexity index is 7.51. The summed E-state index contributed by atoms with van der Waals surface area (Å²) in [5, 5.41) is 7.88. The van der Waals surface area contributed by atoms with Gasteiger partial charge in [-0.15, -0.1) is 0 Å². The van der Waals surface area contributed by atoms with Crippen molar-refractivity contribution in [3.63, 3.8) is 0 Å². The first-order valence-electron chi connectivity index (χ1n) is 0.333. The van der Waals surface area contributed by atoms with Gasteiger partial charge in [0.2, 0.25) is 0 Å². The summed E-state index contributed by atoms with van der Waals surface area (Å²) in [5.74, 6) is 0. The van der Waals surface area contributed by atoms with E-state index in [9.17, 15) is 0 Å². The first kappa shape index (κ1) is 27.3. The van der Waals surface area contributed by atoms with Crippen LogP contribution < -0.4 is 5.26 Å². The molecule has 0 aromatic carbocycles. The Morgan fingerprint density at radius 1 is 1.40 bits per heavy atom. The van der Waals surface area contributed by atoms with Crippen LogP contribution in [-0.2, 0) is 0 Å². The summed E-state index contributed by atoms with van der Waals surface area (Å²) in [6.45, 7) is 0. The average molecular weight is 84.0 g/mol. The van der Waals surface area contributed by atoms with Crippen molar-refractivity contribution in [3.8, 4) is 0 Å². The molecule has 0 radical (unpaired) electrons. The SMILES string of the molecule is O.O.O=[O+][O-]. The fourth-order valence-corrected chi connectivity index (χ4v) is 0. The third kappa shape index (κ3) is 12.5. The van der Waals surface area contributed by atoms with Crippen molar-refractivity contribution in [2.24, 2.45) is 0 Å². The van der Waals surface area contributed by atoms with Crippen LogP contribution in [0.25, 0.3) is 0 Å². The molecule has 5 heavy (non-hydrogen) atoms. The van der Waals surface area contributed by atoms with Crippen LogP contribution in [0.1, 0.15) is 0 Å². The van der Waals surface area contributed by atoms with E-state index in [4.69, 9.17) is 10.2 Å². The monoisotopic (exact) mass is 84.0 g/mol. The molecule has 0 atom stereocenters. The maximum Gasteiger partial charge on any atom is 0.154 e. The molecule has 5 heteroatoms. The van der Waals surface area contributed by atoms with Crippen molar-refractivity contribution < 1.29 is 16.2 Å². The molecule has 0 heterocycles. The van der Waals surface area contributed by atoms with Crippen molar-refractivity contribution in [2.45, 2.75) is 0 Å². The molecule has 5 nitrogen and oxygen atoms in total. The summed E-state index contributed by atoms with van der Waals surface area (Å²) in [7, 11) is 0. The maximum atomic E-state index is 7.88. The second kappa shape index (κ2) is 175. The van der Waals surface area contributed by atoms with Gasteiger partial charge in [-0.3, -0.25) is 0 Å². The third-order valence-corrected chi connectivity index (χ3v) is 0. The third-order valence-electron chi connectivity index (χ3n) is 0. The highest BCUT2D eigenvalue weighted by molar-refractivity contribution is 4.20. The zero-order valence-electron chi connectivity index (χ0n) is 2.22. The van der Waals surface area contributed by atoms with Crippen LogP contribution in [0.3, 0.4) is 0 Å². The minimum atomic E-state index is 0. The number of hydrogen-bond acceptors (Lipinski definition) is 2. The van der Waals surface area contributed by atoms with E-state index in [1.165, 1.54) is 0 Å². The molecule has 0 spiro atoms. The Kier molecular flexibility index (Phi) is 954. The topological polar surface area (TPSA) is 114 Å². The van der Waals surface area contributed by atoms with Crippen LogP contribution in [0.5, 0.6) is 0 Å². The highest BCUT2D eigenvalue weighted by Crippen LogP contribution is 1.00. The van der Waals surface area contributed by atoms with E-state index in [0.29, 0.717) is 0 Å². The van der Waals surface area contributed by atoms with Crippen LogP contribution in [-0.4, -0.2) is 11.0 Å². The summed E-state index contributed by atoms with van der Waals surface area (Å²) < 4.78 is 1.75. The van der Waals surface area contributed by atoms with Crippen LogP contribution in [0.15, 0.2) is 0 Å². The van der Waals surface area contributed by atoms with Crippen LogP contribution in [0, 0.1) is 9.71 Å². The largest absolute Gasteiger partial charge is 0.412 e. The van der Waals surface area contributed by atoms with Gasteiger partial charge in [0.15, 0.2) is 4.75 Å². The molecule has 0 amide bonds. The van der Waals surface area contributed by atoms with E-state index < -0.39 is 0 Å². The van der Waals surface area contributed by atoms with Gasteiger partial charge >= 0.3 is 0 Å². The molecule has 0 aliphatic carbocycles. The molecule has 0 saturated heterocycles. The van der Waals surface area contributed by atoms with Gasteiger partial charge in [0, 0.05) is 0 Å². The highest BCUT2D eigenvalue weighted by Gasteiger charge is 1.27. The summed E-state index contributed by atoms with van der Waals surface area (Å²) >= 11 is 0. The summed E-state index contributed by atoms with van der Waals surface area (Å²) in [6.07, 6.45) is 0. The highest BCUT2D eigenvalue weighted by atomic mass is 17.2. The maximum absolute atomic E-state index is 7.88. The van der Waals surface area contributed by atoms with Crippen molar-refractivity contribution in [2.75, 3.05) is 0 Å². The van der Waals surface area contributed by atoms with Gasteiger partial charge in [-0.05, 0) is 0 Å². The van der Waals surface area contributed by atoms with E-state index in [1.807, 2.05) is 0 Å². The molecule has 0 rings (SSSR count). The lowest BCUT2D eigenvalue weighted by atomic mass is 14.8. The van der Waals surface area contributed by atoms with E-state index in [2.05, 4.69) is 0 Å².